The van der Waals surface area contributed by atoms with Gasteiger partial charge in [0.05, 0.1) is 6.54 Å². The van der Waals surface area contributed by atoms with Gasteiger partial charge in [-0.3, -0.25) is 4.79 Å². The molecule has 0 saturated carbocycles. The lowest BCUT2D eigenvalue weighted by Gasteiger charge is -2.19. The van der Waals surface area contributed by atoms with Crippen LogP contribution < -0.4 is 15.4 Å². The molecule has 0 heterocycles. The summed E-state index contributed by atoms with van der Waals surface area (Å²) in [6.07, 6.45) is 3.49. The number of rotatable bonds is 6. The Kier molecular flexibility index (Phi) is 14.7. The Hall–Kier alpha value is -3.28. The van der Waals surface area contributed by atoms with E-state index in [1.807, 2.05) is 63.2 Å². The standard InChI is InChI=1S/C16H16O.C8H16N2O3.C2H6/c1-2-8-15-11-6-7-12-16(15)17-13-14-9-4-3-5-10-14;1-8(2,3)13-7(12)10-5-6(11)9-4;1-2/h2-12H,13H2,1H3;5H2,1-4H3,(H,9,11)(H,10,12);1-2H3/b8-2+;;. The fraction of sp³-hybridized carbons (Fsp3) is 0.385. The van der Waals surface area contributed by atoms with Gasteiger partial charge in [-0.2, -0.15) is 0 Å². The van der Waals surface area contributed by atoms with Crippen LogP contribution in [0, 0.1) is 0 Å². The number of ether oxygens (including phenoxy) is 2. The molecule has 0 saturated heterocycles. The van der Waals surface area contributed by atoms with E-state index < -0.39 is 11.7 Å². The number of alkyl carbamates (subject to hydrolysis) is 1. The summed E-state index contributed by atoms with van der Waals surface area (Å²) in [6, 6.07) is 18.3. The molecule has 0 aliphatic carbocycles. The van der Waals surface area contributed by atoms with Gasteiger partial charge >= 0.3 is 6.09 Å². The van der Waals surface area contributed by atoms with Gasteiger partial charge in [-0.1, -0.05) is 74.5 Å². The second-order valence-electron chi connectivity index (χ2n) is 7.34. The van der Waals surface area contributed by atoms with E-state index in [-0.39, 0.29) is 12.5 Å². The van der Waals surface area contributed by atoms with E-state index in [4.69, 9.17) is 9.47 Å². The van der Waals surface area contributed by atoms with Crippen LogP contribution in [0.15, 0.2) is 60.7 Å². The lowest BCUT2D eigenvalue weighted by molar-refractivity contribution is -0.119. The van der Waals surface area contributed by atoms with Gasteiger partial charge in [0.15, 0.2) is 0 Å². The number of carbonyl (C=O) groups is 2. The van der Waals surface area contributed by atoms with E-state index in [1.54, 1.807) is 20.8 Å². The van der Waals surface area contributed by atoms with Crippen LogP contribution in [0.5, 0.6) is 5.75 Å². The maximum absolute atomic E-state index is 11.0. The molecule has 0 fully saturated rings. The van der Waals surface area contributed by atoms with E-state index in [1.165, 1.54) is 12.6 Å². The number of hydrogen-bond donors (Lipinski definition) is 2. The average Bonchev–Trinajstić information content (AvgIpc) is 2.78. The van der Waals surface area contributed by atoms with Crippen LogP contribution in [0.3, 0.4) is 0 Å². The first-order valence-electron chi connectivity index (χ1n) is 10.8. The molecule has 2 rings (SSSR count). The zero-order valence-corrected chi connectivity index (χ0v) is 20.4. The van der Waals surface area contributed by atoms with Crippen LogP contribution in [-0.4, -0.2) is 31.2 Å². The van der Waals surface area contributed by atoms with E-state index in [2.05, 4.69) is 34.9 Å². The number of amides is 2. The molecule has 176 valence electrons. The van der Waals surface area contributed by atoms with Gasteiger partial charge < -0.3 is 20.1 Å². The molecule has 0 spiro atoms. The Balaban J connectivity index is 0.000000578. The van der Waals surface area contributed by atoms with Crippen molar-refractivity contribution in [2.24, 2.45) is 0 Å². The summed E-state index contributed by atoms with van der Waals surface area (Å²) in [5, 5.41) is 4.69. The highest BCUT2D eigenvalue weighted by Gasteiger charge is 2.16. The molecule has 0 radical (unpaired) electrons. The van der Waals surface area contributed by atoms with Crippen molar-refractivity contribution in [1.29, 1.82) is 0 Å². The van der Waals surface area contributed by atoms with Crippen molar-refractivity contribution in [2.45, 2.75) is 53.8 Å². The molecular formula is C26H38N2O4. The van der Waals surface area contributed by atoms with Crippen molar-refractivity contribution in [3.05, 3.63) is 71.8 Å². The maximum atomic E-state index is 11.0. The summed E-state index contributed by atoms with van der Waals surface area (Å²) in [5.74, 6) is 0.667. The minimum absolute atomic E-state index is 0.0641. The van der Waals surface area contributed by atoms with Crippen LogP contribution in [0.4, 0.5) is 4.79 Å². The van der Waals surface area contributed by atoms with E-state index in [9.17, 15) is 9.59 Å². The predicted octanol–water partition coefficient (Wildman–Crippen LogP) is 5.58. The normalized spacial score (nSPS) is 10.1. The molecule has 6 nitrogen and oxygen atoms in total. The second kappa shape index (κ2) is 16.4. The van der Waals surface area contributed by atoms with Gasteiger partial charge in [0.1, 0.15) is 18.0 Å². The summed E-state index contributed by atoms with van der Waals surface area (Å²) >= 11 is 0. The monoisotopic (exact) mass is 442 g/mol. The average molecular weight is 443 g/mol. The van der Waals surface area contributed by atoms with Crippen LogP contribution in [0.1, 0.15) is 52.7 Å². The van der Waals surface area contributed by atoms with Gasteiger partial charge in [-0.05, 0) is 39.3 Å². The predicted molar refractivity (Wildman–Crippen MR) is 132 cm³/mol. The fourth-order valence-corrected chi connectivity index (χ4v) is 2.22. The molecular weight excluding hydrogens is 404 g/mol. The molecule has 0 aliphatic rings. The lowest BCUT2D eigenvalue weighted by Crippen LogP contribution is -2.38. The molecule has 0 aliphatic heterocycles. The van der Waals surface area contributed by atoms with E-state index >= 15 is 0 Å². The highest BCUT2D eigenvalue weighted by molar-refractivity contribution is 5.81. The van der Waals surface area contributed by atoms with Crippen molar-refractivity contribution in [1.82, 2.24) is 10.6 Å². The van der Waals surface area contributed by atoms with Crippen molar-refractivity contribution in [3.8, 4) is 5.75 Å². The third-order valence-electron chi connectivity index (χ3n) is 3.57. The summed E-state index contributed by atoms with van der Waals surface area (Å²) in [4.78, 5) is 21.7. The van der Waals surface area contributed by atoms with Gasteiger partial charge in [-0.25, -0.2) is 4.79 Å². The first-order valence-corrected chi connectivity index (χ1v) is 10.8. The van der Waals surface area contributed by atoms with Gasteiger partial charge in [0, 0.05) is 12.6 Å². The second-order valence-corrected chi connectivity index (χ2v) is 7.34. The number of nitrogens with one attached hydrogen (secondary N) is 2. The maximum Gasteiger partial charge on any atom is 0.408 e. The zero-order chi connectivity index (χ0) is 24.4. The molecule has 2 aromatic carbocycles. The third kappa shape index (κ3) is 13.9. The van der Waals surface area contributed by atoms with Crippen molar-refractivity contribution in [2.75, 3.05) is 13.6 Å². The molecule has 6 heteroatoms. The first kappa shape index (κ1) is 28.7. The van der Waals surface area contributed by atoms with Crippen LogP contribution in [0.2, 0.25) is 0 Å². The number of benzene rings is 2. The highest BCUT2D eigenvalue weighted by Crippen LogP contribution is 2.20. The van der Waals surface area contributed by atoms with Gasteiger partial charge in [0.25, 0.3) is 0 Å². The summed E-state index contributed by atoms with van der Waals surface area (Å²) in [6.45, 7) is 11.8. The Morgan fingerprint density at radius 2 is 1.56 bits per heavy atom. The first-order chi connectivity index (χ1) is 15.2. The number of para-hydroxylation sites is 1. The molecule has 0 bridgehead atoms. The number of hydrogen-bond acceptors (Lipinski definition) is 4. The van der Waals surface area contributed by atoms with Gasteiger partial charge in [0.2, 0.25) is 5.91 Å². The Bertz CT molecular complexity index is 812. The fourth-order valence-electron chi connectivity index (χ4n) is 2.22. The highest BCUT2D eigenvalue weighted by atomic mass is 16.6. The molecule has 2 amide bonds. The lowest BCUT2D eigenvalue weighted by atomic mass is 10.2. The van der Waals surface area contributed by atoms with Crippen LogP contribution in [-0.2, 0) is 16.1 Å². The van der Waals surface area contributed by atoms with Crippen molar-refractivity contribution in [3.63, 3.8) is 0 Å². The number of likely N-dealkylation sites (N-methyl/N-ethyl adjacent to an activating group) is 1. The summed E-state index contributed by atoms with van der Waals surface area (Å²) in [7, 11) is 1.50. The minimum atomic E-state index is -0.587. The Morgan fingerprint density at radius 3 is 2.12 bits per heavy atom. The quantitative estimate of drug-likeness (QED) is 0.612. The minimum Gasteiger partial charge on any atom is -0.488 e. The molecule has 0 unspecified atom stereocenters. The third-order valence-corrected chi connectivity index (χ3v) is 3.57. The number of allylic oxidation sites excluding steroid dienone is 1. The molecule has 0 atom stereocenters. The molecule has 2 aromatic rings. The summed E-state index contributed by atoms with van der Waals surface area (Å²) < 4.78 is 10.7. The summed E-state index contributed by atoms with van der Waals surface area (Å²) in [5.41, 5.74) is 1.76. The Morgan fingerprint density at radius 1 is 0.969 bits per heavy atom. The van der Waals surface area contributed by atoms with Crippen molar-refractivity contribution < 1.29 is 19.1 Å². The van der Waals surface area contributed by atoms with Crippen LogP contribution >= 0.6 is 0 Å². The SMILES string of the molecule is C/C=C/c1ccccc1OCc1ccccc1.CC.CNC(=O)CNC(=O)OC(C)(C)C. The van der Waals surface area contributed by atoms with Crippen LogP contribution in [0.25, 0.3) is 6.08 Å². The molecule has 0 aromatic heterocycles. The number of carbonyl (C=O) groups excluding carboxylic acids is 2. The van der Waals surface area contributed by atoms with Gasteiger partial charge in [-0.15, -0.1) is 0 Å². The molecule has 2 N–H and O–H groups in total. The molecule has 32 heavy (non-hydrogen) atoms. The smallest absolute Gasteiger partial charge is 0.408 e. The van der Waals surface area contributed by atoms with E-state index in [0.29, 0.717) is 6.61 Å². The Labute approximate surface area is 193 Å². The van der Waals surface area contributed by atoms with E-state index in [0.717, 1.165) is 11.3 Å². The van der Waals surface area contributed by atoms with Crippen molar-refractivity contribution >= 4 is 18.1 Å². The topological polar surface area (TPSA) is 76.7 Å². The zero-order valence-electron chi connectivity index (χ0n) is 20.4. The largest absolute Gasteiger partial charge is 0.488 e.